The van der Waals surface area contributed by atoms with Crippen molar-refractivity contribution in [1.29, 1.82) is 0 Å². The van der Waals surface area contributed by atoms with Crippen LogP contribution in [-0.4, -0.2) is 47.2 Å². The minimum atomic E-state index is 0.291. The van der Waals surface area contributed by atoms with Crippen molar-refractivity contribution in [3.63, 3.8) is 0 Å². The normalized spacial score (nSPS) is 20.4. The van der Waals surface area contributed by atoms with Crippen LogP contribution in [0.25, 0.3) is 0 Å². The first-order valence-corrected chi connectivity index (χ1v) is 8.35. The molecule has 0 aromatic carbocycles. The summed E-state index contributed by atoms with van der Waals surface area (Å²) in [5.74, 6) is 1.58. The predicted molar refractivity (Wildman–Crippen MR) is 85.5 cm³/mol. The van der Waals surface area contributed by atoms with Crippen LogP contribution in [0.1, 0.15) is 25.7 Å². The van der Waals surface area contributed by atoms with Crippen molar-refractivity contribution >= 4 is 34.3 Å². The van der Waals surface area contributed by atoms with Gasteiger partial charge in [-0.15, -0.1) is 10.2 Å². The molecule has 20 heavy (non-hydrogen) atoms. The van der Waals surface area contributed by atoms with Gasteiger partial charge in [-0.25, -0.2) is 0 Å². The summed E-state index contributed by atoms with van der Waals surface area (Å²) in [6, 6.07) is 3.97. The van der Waals surface area contributed by atoms with Crippen LogP contribution in [0.3, 0.4) is 0 Å². The van der Waals surface area contributed by atoms with Crippen LogP contribution in [0.15, 0.2) is 12.1 Å². The van der Waals surface area contributed by atoms with Crippen molar-refractivity contribution in [3.05, 3.63) is 15.8 Å². The first-order valence-electron chi connectivity index (χ1n) is 7.27. The molecule has 2 fully saturated rings. The molecule has 1 amide bonds. The van der Waals surface area contributed by atoms with Gasteiger partial charge in [0.05, 0.1) is 0 Å². The summed E-state index contributed by atoms with van der Waals surface area (Å²) in [7, 11) is 0. The van der Waals surface area contributed by atoms with Gasteiger partial charge in [-0.1, -0.05) is 12.8 Å². The van der Waals surface area contributed by atoms with Gasteiger partial charge >= 0.3 is 0 Å². The van der Waals surface area contributed by atoms with Gasteiger partial charge in [0.15, 0.2) is 5.82 Å². The molecular weight excluding hydrogens is 367 g/mol. The second-order valence-electron chi connectivity index (χ2n) is 5.51. The van der Waals surface area contributed by atoms with E-state index in [-0.39, 0.29) is 0 Å². The van der Waals surface area contributed by atoms with E-state index in [1.807, 2.05) is 17.0 Å². The number of nitrogens with zero attached hydrogens (tertiary/aromatic N) is 4. The first kappa shape index (κ1) is 14.0. The summed E-state index contributed by atoms with van der Waals surface area (Å²) in [6.45, 7) is 3.33. The van der Waals surface area contributed by atoms with Gasteiger partial charge in [-0.2, -0.15) is 0 Å². The van der Waals surface area contributed by atoms with Crippen LogP contribution < -0.4 is 4.90 Å². The maximum absolute atomic E-state index is 12.4. The summed E-state index contributed by atoms with van der Waals surface area (Å²) in [5.41, 5.74) is 0. The number of anilines is 1. The van der Waals surface area contributed by atoms with Crippen LogP contribution in [0.4, 0.5) is 5.82 Å². The second kappa shape index (κ2) is 6.24. The van der Waals surface area contributed by atoms with E-state index < -0.39 is 0 Å². The van der Waals surface area contributed by atoms with Gasteiger partial charge in [0.25, 0.3) is 0 Å². The fourth-order valence-corrected chi connectivity index (χ4v) is 3.35. The topological polar surface area (TPSA) is 49.3 Å². The van der Waals surface area contributed by atoms with Gasteiger partial charge in [-0.05, 0) is 47.6 Å². The molecule has 0 spiro atoms. The Labute approximate surface area is 132 Å². The highest BCUT2D eigenvalue weighted by atomic mass is 127. The van der Waals surface area contributed by atoms with E-state index in [9.17, 15) is 4.79 Å². The zero-order chi connectivity index (χ0) is 13.9. The molecule has 1 aromatic heterocycles. The van der Waals surface area contributed by atoms with Gasteiger partial charge in [-0.3, -0.25) is 4.79 Å². The Balaban J connectivity index is 1.56. The number of carbonyl (C=O) groups is 1. The second-order valence-corrected chi connectivity index (χ2v) is 6.61. The third kappa shape index (κ3) is 3.05. The van der Waals surface area contributed by atoms with Crippen LogP contribution in [0.5, 0.6) is 0 Å². The zero-order valence-electron chi connectivity index (χ0n) is 11.5. The number of amides is 1. The molecule has 0 atom stereocenters. The summed E-state index contributed by atoms with van der Waals surface area (Å²) < 4.78 is 0.904. The third-order valence-corrected chi connectivity index (χ3v) is 4.81. The highest BCUT2D eigenvalue weighted by molar-refractivity contribution is 14.1. The molecular formula is C14H19IN4O. The molecule has 0 unspecified atom stereocenters. The molecule has 5 nitrogen and oxygen atoms in total. The van der Waals surface area contributed by atoms with Crippen molar-refractivity contribution in [2.24, 2.45) is 5.92 Å². The molecule has 2 heterocycles. The first-order chi connectivity index (χ1) is 9.74. The highest BCUT2D eigenvalue weighted by Gasteiger charge is 2.29. The standard InChI is InChI=1S/C14H19IN4O/c15-12-5-6-13(17-16-12)18-7-9-19(10-8-18)14(20)11-3-1-2-4-11/h5-6,11H,1-4,7-10H2. The van der Waals surface area contributed by atoms with Crippen LogP contribution in [0.2, 0.25) is 0 Å². The predicted octanol–water partition coefficient (Wildman–Crippen LogP) is 1.92. The molecule has 1 aromatic rings. The number of hydrogen-bond acceptors (Lipinski definition) is 4. The molecule has 1 aliphatic carbocycles. The van der Waals surface area contributed by atoms with Gasteiger partial charge in [0.2, 0.25) is 5.91 Å². The number of carbonyl (C=O) groups excluding carboxylic acids is 1. The van der Waals surface area contributed by atoms with E-state index >= 15 is 0 Å². The van der Waals surface area contributed by atoms with E-state index in [1.165, 1.54) is 12.8 Å². The fourth-order valence-electron chi connectivity index (χ4n) is 3.06. The largest absolute Gasteiger partial charge is 0.352 e. The van der Waals surface area contributed by atoms with Gasteiger partial charge in [0, 0.05) is 32.1 Å². The minimum absolute atomic E-state index is 0.291. The average Bonchev–Trinajstić information content (AvgIpc) is 3.02. The van der Waals surface area contributed by atoms with Crippen molar-refractivity contribution < 1.29 is 4.79 Å². The summed E-state index contributed by atoms with van der Waals surface area (Å²) >= 11 is 2.16. The van der Waals surface area contributed by atoms with Crippen molar-refractivity contribution in [1.82, 2.24) is 15.1 Å². The quantitative estimate of drug-likeness (QED) is 0.729. The monoisotopic (exact) mass is 386 g/mol. The molecule has 2 aliphatic rings. The number of piperazine rings is 1. The maximum Gasteiger partial charge on any atom is 0.225 e. The van der Waals surface area contributed by atoms with Crippen LogP contribution >= 0.6 is 22.6 Å². The van der Waals surface area contributed by atoms with Crippen LogP contribution in [0, 0.1) is 9.62 Å². The van der Waals surface area contributed by atoms with E-state index in [0.29, 0.717) is 11.8 Å². The highest BCUT2D eigenvalue weighted by Crippen LogP contribution is 2.27. The lowest BCUT2D eigenvalue weighted by molar-refractivity contribution is -0.135. The number of hydrogen-bond donors (Lipinski definition) is 0. The van der Waals surface area contributed by atoms with Crippen molar-refractivity contribution in [2.75, 3.05) is 31.1 Å². The summed E-state index contributed by atoms with van der Waals surface area (Å²) in [4.78, 5) is 16.6. The molecule has 108 valence electrons. The lowest BCUT2D eigenvalue weighted by Gasteiger charge is -2.36. The van der Waals surface area contributed by atoms with Gasteiger partial charge in [0.1, 0.15) is 3.70 Å². The van der Waals surface area contributed by atoms with Crippen LogP contribution in [-0.2, 0) is 4.79 Å². The molecule has 1 aliphatic heterocycles. The Kier molecular flexibility index (Phi) is 4.38. The van der Waals surface area contributed by atoms with Crippen molar-refractivity contribution in [2.45, 2.75) is 25.7 Å². The Morgan fingerprint density at radius 1 is 1.10 bits per heavy atom. The Morgan fingerprint density at radius 2 is 1.80 bits per heavy atom. The van der Waals surface area contributed by atoms with Gasteiger partial charge < -0.3 is 9.80 Å². The summed E-state index contributed by atoms with van der Waals surface area (Å²) in [6.07, 6.45) is 4.60. The third-order valence-electron chi connectivity index (χ3n) is 4.24. The fraction of sp³-hybridized carbons (Fsp3) is 0.643. The van der Waals surface area contributed by atoms with Crippen molar-refractivity contribution in [3.8, 4) is 0 Å². The molecule has 0 bridgehead atoms. The Morgan fingerprint density at radius 3 is 2.40 bits per heavy atom. The van der Waals surface area contributed by atoms with E-state index in [1.54, 1.807) is 0 Å². The number of halogens is 1. The lowest BCUT2D eigenvalue weighted by atomic mass is 10.1. The lowest BCUT2D eigenvalue weighted by Crippen LogP contribution is -2.50. The molecule has 3 rings (SSSR count). The Hall–Kier alpha value is -0.920. The number of aromatic nitrogens is 2. The van der Waals surface area contributed by atoms with E-state index in [0.717, 1.165) is 48.5 Å². The average molecular weight is 386 g/mol. The molecule has 6 heteroatoms. The number of rotatable bonds is 2. The molecule has 1 saturated carbocycles. The summed E-state index contributed by atoms with van der Waals surface area (Å²) in [5, 5.41) is 8.30. The molecule has 1 saturated heterocycles. The Bertz CT molecular complexity index is 465. The SMILES string of the molecule is O=C(C1CCCC1)N1CCN(c2ccc(I)nn2)CC1. The minimum Gasteiger partial charge on any atom is -0.352 e. The smallest absolute Gasteiger partial charge is 0.225 e. The van der Waals surface area contributed by atoms with E-state index in [4.69, 9.17) is 0 Å². The maximum atomic E-state index is 12.4. The zero-order valence-corrected chi connectivity index (χ0v) is 13.6. The molecule has 0 N–H and O–H groups in total. The molecule has 0 radical (unpaired) electrons. The van der Waals surface area contributed by atoms with E-state index in [2.05, 4.69) is 37.7 Å².